The molecule has 124 valence electrons. The Morgan fingerprint density at radius 2 is 1.82 bits per heavy atom. The third-order valence-corrected chi connectivity index (χ3v) is 3.74. The molecule has 0 saturated carbocycles. The molecular weight excluding hydrogens is 283 g/mol. The van der Waals surface area contributed by atoms with Crippen LogP contribution in [0.15, 0.2) is 24.3 Å². The maximum atomic E-state index is 13.8. The molecule has 1 aliphatic heterocycles. The molecule has 0 radical (unpaired) electrons. The summed E-state index contributed by atoms with van der Waals surface area (Å²) in [7, 11) is 0. The average Bonchev–Trinajstić information content (AvgIpc) is 2.46. The summed E-state index contributed by atoms with van der Waals surface area (Å²) >= 11 is 0. The lowest BCUT2D eigenvalue weighted by molar-refractivity contribution is -0.0563. The van der Waals surface area contributed by atoms with Crippen molar-refractivity contribution >= 4 is 5.69 Å². The standard InChI is InChI=1S/C17H27FN2O2/c1-17(2,3)22-13-14(21)12-19-8-10-20(11-9-19)16-7-5-4-6-15(16)18/h4-7,14,21H,8-13H2,1-3H3. The highest BCUT2D eigenvalue weighted by atomic mass is 19.1. The molecule has 1 fully saturated rings. The summed E-state index contributed by atoms with van der Waals surface area (Å²) in [4.78, 5) is 4.26. The lowest BCUT2D eigenvalue weighted by Gasteiger charge is -2.37. The van der Waals surface area contributed by atoms with Gasteiger partial charge < -0.3 is 14.7 Å². The van der Waals surface area contributed by atoms with Crippen molar-refractivity contribution in [2.45, 2.75) is 32.5 Å². The number of nitrogens with zero attached hydrogens (tertiary/aromatic N) is 2. The Kier molecular flexibility index (Phi) is 5.78. The molecule has 0 spiro atoms. The molecule has 22 heavy (non-hydrogen) atoms. The Hall–Kier alpha value is -1.17. The molecule has 1 aliphatic rings. The number of halogens is 1. The third-order valence-electron chi connectivity index (χ3n) is 3.74. The molecule has 1 heterocycles. The number of piperazine rings is 1. The summed E-state index contributed by atoms with van der Waals surface area (Å²) in [6.07, 6.45) is -0.487. The first-order valence-electron chi connectivity index (χ1n) is 7.89. The predicted molar refractivity (Wildman–Crippen MR) is 86.8 cm³/mol. The van der Waals surface area contributed by atoms with Crippen molar-refractivity contribution in [1.82, 2.24) is 4.90 Å². The molecule has 2 rings (SSSR count). The molecule has 1 saturated heterocycles. The second-order valence-electron chi connectivity index (χ2n) is 6.82. The van der Waals surface area contributed by atoms with Crippen molar-refractivity contribution in [3.8, 4) is 0 Å². The molecule has 1 aromatic carbocycles. The van der Waals surface area contributed by atoms with Gasteiger partial charge in [-0.3, -0.25) is 4.90 Å². The molecular formula is C17H27FN2O2. The molecule has 1 unspecified atom stereocenters. The number of aliphatic hydroxyl groups excluding tert-OH is 1. The second kappa shape index (κ2) is 7.40. The third kappa shape index (κ3) is 5.23. The first kappa shape index (κ1) is 17.2. The molecule has 1 atom stereocenters. The van der Waals surface area contributed by atoms with Crippen LogP contribution in [0.1, 0.15) is 20.8 Å². The van der Waals surface area contributed by atoms with Crippen LogP contribution in [0.3, 0.4) is 0 Å². The largest absolute Gasteiger partial charge is 0.389 e. The van der Waals surface area contributed by atoms with Crippen molar-refractivity contribution < 1.29 is 14.2 Å². The Morgan fingerprint density at radius 1 is 1.18 bits per heavy atom. The number of aliphatic hydroxyl groups is 1. The molecule has 0 bridgehead atoms. The van der Waals surface area contributed by atoms with Crippen molar-refractivity contribution in [2.75, 3.05) is 44.2 Å². The number of hydrogen-bond donors (Lipinski definition) is 1. The fourth-order valence-electron chi connectivity index (χ4n) is 2.58. The van der Waals surface area contributed by atoms with Gasteiger partial charge in [-0.1, -0.05) is 12.1 Å². The number of anilines is 1. The molecule has 0 aromatic heterocycles. The molecule has 5 heteroatoms. The van der Waals surface area contributed by atoms with Crippen molar-refractivity contribution in [2.24, 2.45) is 0 Å². The van der Waals surface area contributed by atoms with Gasteiger partial charge in [0.2, 0.25) is 0 Å². The van der Waals surface area contributed by atoms with Gasteiger partial charge in [-0.2, -0.15) is 0 Å². The van der Waals surface area contributed by atoms with Gasteiger partial charge in [0, 0.05) is 32.7 Å². The lowest BCUT2D eigenvalue weighted by Crippen LogP contribution is -2.49. The SMILES string of the molecule is CC(C)(C)OCC(O)CN1CCN(c2ccccc2F)CC1. The van der Waals surface area contributed by atoms with E-state index >= 15 is 0 Å². The fraction of sp³-hybridized carbons (Fsp3) is 0.647. The van der Waals surface area contributed by atoms with Crippen LogP contribution in [-0.4, -0.2) is 61.0 Å². The van der Waals surface area contributed by atoms with Crippen molar-refractivity contribution in [3.05, 3.63) is 30.1 Å². The van der Waals surface area contributed by atoms with Crippen molar-refractivity contribution in [1.29, 1.82) is 0 Å². The number of benzene rings is 1. The van der Waals surface area contributed by atoms with E-state index in [2.05, 4.69) is 9.80 Å². The van der Waals surface area contributed by atoms with Gasteiger partial charge in [0.1, 0.15) is 5.82 Å². The summed E-state index contributed by atoms with van der Waals surface area (Å²) in [5.41, 5.74) is 0.434. The minimum absolute atomic E-state index is 0.172. The summed E-state index contributed by atoms with van der Waals surface area (Å²) in [5.74, 6) is -0.172. The van der Waals surface area contributed by atoms with Gasteiger partial charge in [0.15, 0.2) is 0 Å². The van der Waals surface area contributed by atoms with E-state index in [0.29, 0.717) is 18.8 Å². The number of hydrogen-bond acceptors (Lipinski definition) is 4. The van der Waals surface area contributed by atoms with E-state index in [1.807, 2.05) is 32.9 Å². The second-order valence-corrected chi connectivity index (χ2v) is 6.82. The fourth-order valence-corrected chi connectivity index (χ4v) is 2.58. The predicted octanol–water partition coefficient (Wildman–Crippen LogP) is 2.12. The van der Waals surface area contributed by atoms with Crippen LogP contribution in [0.25, 0.3) is 0 Å². The van der Waals surface area contributed by atoms with E-state index < -0.39 is 6.10 Å². The van der Waals surface area contributed by atoms with Crippen LogP contribution < -0.4 is 4.90 Å². The maximum absolute atomic E-state index is 13.8. The summed E-state index contributed by atoms with van der Waals surface area (Å²) in [6.45, 7) is 10.1. The maximum Gasteiger partial charge on any atom is 0.146 e. The highest BCUT2D eigenvalue weighted by Crippen LogP contribution is 2.20. The number of rotatable bonds is 5. The summed E-state index contributed by atoms with van der Waals surface area (Å²) in [5, 5.41) is 10.1. The van der Waals surface area contributed by atoms with Crippen LogP contribution in [0.4, 0.5) is 10.1 Å². The highest BCUT2D eigenvalue weighted by Gasteiger charge is 2.22. The number of ether oxygens (including phenoxy) is 1. The minimum Gasteiger partial charge on any atom is -0.389 e. The van der Waals surface area contributed by atoms with E-state index in [1.165, 1.54) is 6.07 Å². The number of para-hydroxylation sites is 1. The normalized spacial score (nSPS) is 18.5. The van der Waals surface area contributed by atoms with Crippen LogP contribution in [0, 0.1) is 5.82 Å². The number of β-amino-alcohol motifs (C(OH)–C–C–N with tert-alkyl or cyclic N) is 1. The van der Waals surface area contributed by atoms with E-state index in [4.69, 9.17) is 4.74 Å². The lowest BCUT2D eigenvalue weighted by atomic mass is 10.2. The zero-order chi connectivity index (χ0) is 16.2. The topological polar surface area (TPSA) is 35.9 Å². The summed E-state index contributed by atoms with van der Waals surface area (Å²) < 4.78 is 19.4. The van der Waals surface area contributed by atoms with Gasteiger partial charge in [0.25, 0.3) is 0 Å². The van der Waals surface area contributed by atoms with Crippen molar-refractivity contribution in [3.63, 3.8) is 0 Å². The van der Waals surface area contributed by atoms with Gasteiger partial charge in [0.05, 0.1) is 24.0 Å². The zero-order valence-electron chi connectivity index (χ0n) is 13.8. The smallest absolute Gasteiger partial charge is 0.146 e. The van der Waals surface area contributed by atoms with Crippen LogP contribution >= 0.6 is 0 Å². The Labute approximate surface area is 132 Å². The zero-order valence-corrected chi connectivity index (χ0v) is 13.8. The molecule has 1 aromatic rings. The van der Waals surface area contributed by atoms with Crippen LogP contribution in [-0.2, 0) is 4.74 Å². The summed E-state index contributed by atoms with van der Waals surface area (Å²) in [6, 6.07) is 6.88. The molecule has 1 N–H and O–H groups in total. The highest BCUT2D eigenvalue weighted by molar-refractivity contribution is 5.47. The average molecular weight is 310 g/mol. The van der Waals surface area contributed by atoms with E-state index in [-0.39, 0.29) is 11.4 Å². The van der Waals surface area contributed by atoms with E-state index in [0.717, 1.165) is 26.2 Å². The Morgan fingerprint density at radius 3 is 2.41 bits per heavy atom. The first-order chi connectivity index (χ1) is 10.3. The molecule has 0 amide bonds. The van der Waals surface area contributed by atoms with E-state index in [9.17, 15) is 9.50 Å². The molecule has 4 nitrogen and oxygen atoms in total. The van der Waals surface area contributed by atoms with Crippen LogP contribution in [0.5, 0.6) is 0 Å². The van der Waals surface area contributed by atoms with Gasteiger partial charge >= 0.3 is 0 Å². The molecule has 0 aliphatic carbocycles. The Balaban J connectivity index is 1.77. The van der Waals surface area contributed by atoms with E-state index in [1.54, 1.807) is 6.07 Å². The van der Waals surface area contributed by atoms with Gasteiger partial charge in [-0.05, 0) is 32.9 Å². The monoisotopic (exact) mass is 310 g/mol. The van der Waals surface area contributed by atoms with Crippen LogP contribution in [0.2, 0.25) is 0 Å². The van der Waals surface area contributed by atoms with Gasteiger partial charge in [-0.15, -0.1) is 0 Å². The quantitative estimate of drug-likeness (QED) is 0.904. The van der Waals surface area contributed by atoms with Gasteiger partial charge in [-0.25, -0.2) is 4.39 Å². The minimum atomic E-state index is -0.487. The first-order valence-corrected chi connectivity index (χ1v) is 7.89. The Bertz CT molecular complexity index is 468.